The van der Waals surface area contributed by atoms with Crippen LogP contribution in [0.3, 0.4) is 0 Å². The number of hydrogen-bond donors (Lipinski definition) is 2. The van der Waals surface area contributed by atoms with Crippen LogP contribution in [0.1, 0.15) is 58.9 Å². The zero-order chi connectivity index (χ0) is 27.6. The molecule has 204 valence electrons. The van der Waals surface area contributed by atoms with Gasteiger partial charge in [0.2, 0.25) is 0 Å². The average molecular weight is 552 g/mol. The SMILES string of the molecule is C=C1C(O)=C(C2=NP(=O)(OCC)c3cc(CCCCCS(C)(=O)=O)ccc3N2)C(=O)N1CCC(C)(C)C. The molecule has 0 fully saturated rings. The Hall–Kier alpha value is -2.42. The number of aliphatic hydroxyl groups is 1. The van der Waals surface area contributed by atoms with E-state index in [1.807, 2.05) is 6.07 Å². The van der Waals surface area contributed by atoms with Gasteiger partial charge >= 0.3 is 7.52 Å². The van der Waals surface area contributed by atoms with Gasteiger partial charge in [-0.05, 0) is 55.7 Å². The van der Waals surface area contributed by atoms with E-state index in [0.717, 1.165) is 18.4 Å². The van der Waals surface area contributed by atoms with Crippen molar-refractivity contribution in [3.8, 4) is 0 Å². The van der Waals surface area contributed by atoms with E-state index in [1.165, 1.54) is 11.2 Å². The molecule has 2 N–H and O–H groups in total. The molecule has 1 aromatic rings. The Balaban J connectivity index is 1.84. The normalized spacial score (nSPS) is 20.2. The minimum absolute atomic E-state index is 0.000262. The van der Waals surface area contributed by atoms with Crippen molar-refractivity contribution < 1.29 is 27.4 Å². The number of nitrogens with one attached hydrogen (secondary N) is 1. The molecule has 0 aromatic heterocycles. The molecule has 9 nitrogen and oxygen atoms in total. The van der Waals surface area contributed by atoms with Gasteiger partial charge in [-0.3, -0.25) is 9.36 Å². The third kappa shape index (κ3) is 7.12. The number of nitrogens with zero attached hydrogens (tertiary/aromatic N) is 2. The Morgan fingerprint density at radius 1 is 1.22 bits per heavy atom. The molecule has 0 radical (unpaired) electrons. The van der Waals surface area contributed by atoms with Crippen molar-refractivity contribution in [2.45, 2.75) is 59.8 Å². The zero-order valence-electron chi connectivity index (χ0n) is 22.3. The van der Waals surface area contributed by atoms with Gasteiger partial charge in [-0.1, -0.05) is 39.8 Å². The van der Waals surface area contributed by atoms with Gasteiger partial charge in [0.15, 0.2) is 11.6 Å². The Morgan fingerprint density at radius 2 is 1.92 bits per heavy atom. The van der Waals surface area contributed by atoms with Crippen LogP contribution in [-0.4, -0.2) is 55.3 Å². The van der Waals surface area contributed by atoms with Gasteiger partial charge in [-0.25, -0.2) is 8.42 Å². The van der Waals surface area contributed by atoms with Crippen molar-refractivity contribution in [1.82, 2.24) is 4.90 Å². The van der Waals surface area contributed by atoms with Crippen LogP contribution in [0, 0.1) is 5.41 Å². The number of carbonyl (C=O) groups is 1. The third-order valence-electron chi connectivity index (χ3n) is 6.25. The zero-order valence-corrected chi connectivity index (χ0v) is 24.0. The Morgan fingerprint density at radius 3 is 2.54 bits per heavy atom. The molecule has 11 heteroatoms. The molecule has 2 aliphatic heterocycles. The first-order valence-corrected chi connectivity index (χ1v) is 16.2. The van der Waals surface area contributed by atoms with Crippen molar-refractivity contribution in [3.63, 3.8) is 0 Å². The Kier molecular flexibility index (Phi) is 8.77. The Labute approximate surface area is 220 Å². The lowest BCUT2D eigenvalue weighted by molar-refractivity contribution is -0.123. The van der Waals surface area contributed by atoms with Gasteiger partial charge < -0.3 is 19.8 Å². The Bertz CT molecular complexity index is 1290. The highest BCUT2D eigenvalue weighted by Gasteiger charge is 2.42. The van der Waals surface area contributed by atoms with Crippen LogP contribution in [0.4, 0.5) is 5.69 Å². The molecule has 1 amide bonds. The van der Waals surface area contributed by atoms with Crippen LogP contribution in [-0.2, 0) is 30.1 Å². The van der Waals surface area contributed by atoms with Crippen LogP contribution >= 0.6 is 7.52 Å². The third-order valence-corrected chi connectivity index (χ3v) is 9.33. The van der Waals surface area contributed by atoms with Crippen molar-refractivity contribution in [3.05, 3.63) is 47.4 Å². The summed E-state index contributed by atoms with van der Waals surface area (Å²) in [6.07, 6.45) is 4.77. The number of amides is 1. The van der Waals surface area contributed by atoms with E-state index in [-0.39, 0.29) is 40.6 Å². The predicted octanol–water partition coefficient (Wildman–Crippen LogP) is 4.73. The molecule has 0 spiro atoms. The summed E-state index contributed by atoms with van der Waals surface area (Å²) >= 11 is 0. The molecule has 2 aliphatic rings. The van der Waals surface area contributed by atoms with Gasteiger partial charge in [0, 0.05) is 18.6 Å². The van der Waals surface area contributed by atoms with Crippen molar-refractivity contribution in [2.24, 2.45) is 10.2 Å². The molecule has 0 aliphatic carbocycles. The highest BCUT2D eigenvalue weighted by Crippen LogP contribution is 2.52. The fourth-order valence-corrected chi connectivity index (χ4v) is 6.75. The highest BCUT2D eigenvalue weighted by atomic mass is 32.2. The number of aliphatic hydroxyl groups excluding tert-OH is 1. The number of aryl methyl sites for hydroxylation is 1. The van der Waals surface area contributed by atoms with Gasteiger partial charge in [0.05, 0.1) is 23.3 Å². The first kappa shape index (κ1) is 29.1. The van der Waals surface area contributed by atoms with Crippen LogP contribution < -0.4 is 10.6 Å². The molecule has 2 heterocycles. The first-order chi connectivity index (χ1) is 17.1. The van der Waals surface area contributed by atoms with Crippen LogP contribution in [0.15, 0.2) is 46.6 Å². The number of fused-ring (bicyclic) bond motifs is 1. The largest absolute Gasteiger partial charge is 0.505 e. The maximum atomic E-state index is 13.9. The minimum Gasteiger partial charge on any atom is -0.505 e. The second kappa shape index (κ2) is 11.1. The van der Waals surface area contributed by atoms with E-state index in [4.69, 9.17) is 4.52 Å². The number of rotatable bonds is 11. The smallest absolute Gasteiger partial charge is 0.348 e. The lowest BCUT2D eigenvalue weighted by atomic mass is 9.92. The van der Waals surface area contributed by atoms with Crippen LogP contribution in [0.25, 0.3) is 0 Å². The molecule has 0 bridgehead atoms. The fourth-order valence-electron chi connectivity index (χ4n) is 4.19. The number of carbonyl (C=O) groups excluding carboxylic acids is 1. The minimum atomic E-state index is -3.74. The number of amidine groups is 1. The van der Waals surface area contributed by atoms with Gasteiger partial charge in [0.1, 0.15) is 15.4 Å². The van der Waals surface area contributed by atoms with E-state index in [2.05, 4.69) is 37.4 Å². The van der Waals surface area contributed by atoms with Crippen molar-refractivity contribution >= 4 is 40.1 Å². The van der Waals surface area contributed by atoms with E-state index in [1.54, 1.807) is 19.1 Å². The average Bonchev–Trinajstić information content (AvgIpc) is 2.99. The van der Waals surface area contributed by atoms with Crippen molar-refractivity contribution in [2.75, 3.05) is 30.5 Å². The quantitative estimate of drug-likeness (QED) is 0.301. The lowest BCUT2D eigenvalue weighted by Gasteiger charge is -2.26. The molecular weight excluding hydrogens is 513 g/mol. The number of hydrogen-bond acceptors (Lipinski definition) is 7. The van der Waals surface area contributed by atoms with Gasteiger partial charge in [-0.2, -0.15) is 4.76 Å². The van der Waals surface area contributed by atoms with E-state index < -0.39 is 23.3 Å². The summed E-state index contributed by atoms with van der Waals surface area (Å²) < 4.78 is 46.6. The molecule has 1 atom stereocenters. The standard InChI is InChI=1S/C26H38N3O6PS/c1-7-35-36(32)21-17-19(11-9-8-10-16-37(6,33)34)12-13-20(21)27-24(28-36)22-23(30)18(2)29(25(22)31)15-14-26(3,4)5/h12-13,17,30H,2,7-11,14-16H2,1,3-6H3,(H,27,28,32). The molecule has 0 saturated heterocycles. The predicted molar refractivity (Wildman–Crippen MR) is 148 cm³/mol. The number of benzene rings is 1. The van der Waals surface area contributed by atoms with E-state index in [0.29, 0.717) is 36.8 Å². The molecule has 1 aromatic carbocycles. The highest BCUT2D eigenvalue weighted by molar-refractivity contribution is 7.90. The molecule has 37 heavy (non-hydrogen) atoms. The molecule has 1 unspecified atom stereocenters. The van der Waals surface area contributed by atoms with Crippen LogP contribution in [0.2, 0.25) is 0 Å². The summed E-state index contributed by atoms with van der Waals surface area (Å²) in [4.78, 5) is 14.7. The molecule has 0 saturated carbocycles. The summed E-state index contributed by atoms with van der Waals surface area (Å²) in [6.45, 7) is 12.3. The number of sulfone groups is 1. The van der Waals surface area contributed by atoms with Gasteiger partial charge in [0.25, 0.3) is 5.91 Å². The van der Waals surface area contributed by atoms with Crippen molar-refractivity contribution in [1.29, 1.82) is 0 Å². The summed E-state index contributed by atoms with van der Waals surface area (Å²) in [5, 5.41) is 14.3. The maximum absolute atomic E-state index is 13.9. The summed E-state index contributed by atoms with van der Waals surface area (Å²) in [5.74, 6) is -0.572. The van der Waals surface area contributed by atoms with E-state index in [9.17, 15) is 22.9 Å². The summed E-state index contributed by atoms with van der Waals surface area (Å²) in [6, 6.07) is 5.44. The first-order valence-electron chi connectivity index (χ1n) is 12.5. The second-order valence-corrected chi connectivity index (χ2v) is 15.0. The monoisotopic (exact) mass is 551 g/mol. The fraction of sp³-hybridized carbons (Fsp3) is 0.538. The number of anilines is 1. The second-order valence-electron chi connectivity index (χ2n) is 10.7. The van der Waals surface area contributed by atoms with Crippen LogP contribution in [0.5, 0.6) is 0 Å². The van der Waals surface area contributed by atoms with Gasteiger partial charge in [-0.15, -0.1) is 0 Å². The topological polar surface area (TPSA) is 125 Å². The number of unbranched alkanes of at least 4 members (excludes halogenated alkanes) is 2. The molecule has 3 rings (SSSR count). The summed E-state index contributed by atoms with van der Waals surface area (Å²) in [5.41, 5.74) is 1.53. The maximum Gasteiger partial charge on any atom is 0.348 e. The summed E-state index contributed by atoms with van der Waals surface area (Å²) in [7, 11) is -6.71. The lowest BCUT2D eigenvalue weighted by Crippen LogP contribution is -2.34. The molecular formula is C26H38N3O6PS. The van der Waals surface area contributed by atoms with E-state index >= 15 is 0 Å².